The number of unbranched alkanes of at least 4 members (excludes halogenated alkanes) is 1. The van der Waals surface area contributed by atoms with Crippen LogP contribution in [0.1, 0.15) is 34.3 Å². The molecular formula is C28H25FN2O5. The van der Waals surface area contributed by atoms with Crippen molar-refractivity contribution in [3.8, 4) is 11.5 Å². The van der Waals surface area contributed by atoms with Crippen LogP contribution in [0.15, 0.2) is 95.7 Å². The number of carbonyl (C=O) groups excluding carboxylic acids is 2. The molecule has 3 aromatic carbocycles. The van der Waals surface area contributed by atoms with Crippen LogP contribution < -0.4 is 9.47 Å². The van der Waals surface area contributed by atoms with Crippen LogP contribution in [0.2, 0.25) is 0 Å². The number of esters is 2. The fraction of sp³-hybridized carbons (Fsp3) is 0.143. The summed E-state index contributed by atoms with van der Waals surface area (Å²) in [4.78, 5) is 23.4. The average Bonchev–Trinajstić information content (AvgIpc) is 2.90. The van der Waals surface area contributed by atoms with E-state index in [1.165, 1.54) is 18.3 Å². The summed E-state index contributed by atoms with van der Waals surface area (Å²) in [5.41, 5.74) is 1.89. The molecule has 0 heterocycles. The first-order valence-electron chi connectivity index (χ1n) is 11.2. The third-order valence-electron chi connectivity index (χ3n) is 4.75. The molecule has 0 aliphatic rings. The van der Waals surface area contributed by atoms with E-state index in [1.54, 1.807) is 66.9 Å². The maximum absolute atomic E-state index is 12.9. The van der Waals surface area contributed by atoms with Crippen molar-refractivity contribution in [2.75, 3.05) is 13.2 Å². The monoisotopic (exact) mass is 488 g/mol. The first kappa shape index (κ1) is 26.0. The Morgan fingerprint density at radius 2 is 1.33 bits per heavy atom. The van der Waals surface area contributed by atoms with Gasteiger partial charge in [0.15, 0.2) is 0 Å². The Labute approximate surface area is 208 Å². The van der Waals surface area contributed by atoms with Gasteiger partial charge in [0.25, 0.3) is 0 Å². The molecule has 0 amide bonds. The fourth-order valence-electron chi connectivity index (χ4n) is 2.85. The van der Waals surface area contributed by atoms with Crippen molar-refractivity contribution in [1.82, 2.24) is 0 Å². The summed E-state index contributed by atoms with van der Waals surface area (Å²) in [6, 6.07) is 19.4. The topological polar surface area (TPSA) is 86.5 Å². The molecule has 184 valence electrons. The Morgan fingerprint density at radius 1 is 0.778 bits per heavy atom. The SMILES string of the molecule is C=CC(=O)OCCCCOc1ccc(C(=O)Oc2ccc(C=NN=Cc3ccc(F)cc3)cc2)cc1. The molecule has 8 heteroatoms. The van der Waals surface area contributed by atoms with Crippen LogP contribution >= 0.6 is 0 Å². The largest absolute Gasteiger partial charge is 0.494 e. The number of nitrogens with zero attached hydrogens (tertiary/aromatic N) is 2. The first-order valence-corrected chi connectivity index (χ1v) is 11.2. The molecule has 3 aromatic rings. The number of hydrogen-bond donors (Lipinski definition) is 0. The van der Waals surface area contributed by atoms with Gasteiger partial charge in [-0.25, -0.2) is 14.0 Å². The number of benzene rings is 3. The van der Waals surface area contributed by atoms with Gasteiger partial charge < -0.3 is 14.2 Å². The number of rotatable bonds is 12. The van der Waals surface area contributed by atoms with E-state index in [1.807, 2.05) is 0 Å². The second-order valence-corrected chi connectivity index (χ2v) is 7.45. The van der Waals surface area contributed by atoms with Crippen LogP contribution in [0.25, 0.3) is 0 Å². The van der Waals surface area contributed by atoms with E-state index in [-0.39, 0.29) is 5.82 Å². The molecule has 0 N–H and O–H groups in total. The summed E-state index contributed by atoms with van der Waals surface area (Å²) in [5, 5.41) is 7.89. The minimum absolute atomic E-state index is 0.309. The van der Waals surface area contributed by atoms with E-state index in [0.29, 0.717) is 36.7 Å². The van der Waals surface area contributed by atoms with Gasteiger partial charge in [-0.2, -0.15) is 10.2 Å². The number of carbonyl (C=O) groups is 2. The highest BCUT2D eigenvalue weighted by Crippen LogP contribution is 2.17. The minimum atomic E-state index is -0.490. The van der Waals surface area contributed by atoms with Crippen molar-refractivity contribution in [3.63, 3.8) is 0 Å². The zero-order chi connectivity index (χ0) is 25.6. The van der Waals surface area contributed by atoms with Crippen molar-refractivity contribution in [2.24, 2.45) is 10.2 Å². The highest BCUT2D eigenvalue weighted by atomic mass is 19.1. The van der Waals surface area contributed by atoms with E-state index in [2.05, 4.69) is 16.8 Å². The molecule has 0 atom stereocenters. The summed E-state index contributed by atoms with van der Waals surface area (Å²) in [5.74, 6) is -0.218. The zero-order valence-corrected chi connectivity index (χ0v) is 19.5. The maximum atomic E-state index is 12.9. The first-order chi connectivity index (χ1) is 17.5. The molecule has 0 saturated heterocycles. The lowest BCUT2D eigenvalue weighted by molar-refractivity contribution is -0.137. The van der Waals surface area contributed by atoms with Crippen LogP contribution in [0.3, 0.4) is 0 Å². The Bertz CT molecular complexity index is 1200. The van der Waals surface area contributed by atoms with Crippen LogP contribution in [0.4, 0.5) is 4.39 Å². The lowest BCUT2D eigenvalue weighted by Gasteiger charge is -2.08. The molecule has 0 bridgehead atoms. The van der Waals surface area contributed by atoms with E-state index < -0.39 is 11.9 Å². The van der Waals surface area contributed by atoms with Crippen LogP contribution in [0, 0.1) is 5.82 Å². The standard InChI is InChI=1S/C28H25FN2O5/c1-2-27(32)35-18-4-3-17-34-25-15-9-23(10-16-25)28(33)36-26-13-7-22(8-14-26)20-31-30-19-21-5-11-24(29)12-6-21/h2,5-16,19-20H,1,3-4,17-18H2. The number of ether oxygens (including phenoxy) is 3. The minimum Gasteiger partial charge on any atom is -0.494 e. The summed E-state index contributed by atoms with van der Waals surface area (Å²) in [6.07, 6.45) is 5.60. The summed E-state index contributed by atoms with van der Waals surface area (Å²) in [7, 11) is 0. The van der Waals surface area contributed by atoms with Gasteiger partial charge in [-0.15, -0.1) is 0 Å². The molecule has 0 aliphatic heterocycles. The molecular weight excluding hydrogens is 463 g/mol. The smallest absolute Gasteiger partial charge is 0.343 e. The molecule has 0 aromatic heterocycles. The molecule has 3 rings (SSSR count). The Morgan fingerprint density at radius 3 is 1.94 bits per heavy atom. The van der Waals surface area contributed by atoms with Crippen LogP contribution in [-0.2, 0) is 9.53 Å². The molecule has 7 nitrogen and oxygen atoms in total. The van der Waals surface area contributed by atoms with Gasteiger partial charge in [0, 0.05) is 6.08 Å². The van der Waals surface area contributed by atoms with Gasteiger partial charge in [-0.3, -0.25) is 0 Å². The average molecular weight is 489 g/mol. The van der Waals surface area contributed by atoms with E-state index in [9.17, 15) is 14.0 Å². The Hall–Kier alpha value is -4.59. The lowest BCUT2D eigenvalue weighted by atomic mass is 10.2. The third-order valence-corrected chi connectivity index (χ3v) is 4.75. The normalized spacial score (nSPS) is 10.9. The van der Waals surface area contributed by atoms with Crippen molar-refractivity contribution < 1.29 is 28.2 Å². The van der Waals surface area contributed by atoms with Gasteiger partial charge in [0.1, 0.15) is 17.3 Å². The lowest BCUT2D eigenvalue weighted by Crippen LogP contribution is -2.08. The van der Waals surface area contributed by atoms with Crippen molar-refractivity contribution in [2.45, 2.75) is 12.8 Å². The highest BCUT2D eigenvalue weighted by molar-refractivity contribution is 5.91. The predicted octanol–water partition coefficient (Wildman–Crippen LogP) is 5.39. The molecule has 0 unspecified atom stereocenters. The van der Waals surface area contributed by atoms with Crippen LogP contribution in [-0.4, -0.2) is 37.6 Å². The number of hydrogen-bond acceptors (Lipinski definition) is 7. The number of halogens is 1. The second kappa shape index (κ2) is 14.0. The molecule has 0 aliphatic carbocycles. The predicted molar refractivity (Wildman–Crippen MR) is 135 cm³/mol. The van der Waals surface area contributed by atoms with Gasteiger partial charge in [0.05, 0.1) is 31.2 Å². The Balaban J connectivity index is 1.41. The fourth-order valence-corrected chi connectivity index (χ4v) is 2.85. The Kier molecular flexibility index (Phi) is 10.1. The third kappa shape index (κ3) is 8.98. The summed E-state index contributed by atoms with van der Waals surface area (Å²) in [6.45, 7) is 4.11. The molecule has 0 spiro atoms. The molecule has 36 heavy (non-hydrogen) atoms. The van der Waals surface area contributed by atoms with Gasteiger partial charge >= 0.3 is 11.9 Å². The van der Waals surface area contributed by atoms with Gasteiger partial charge in [-0.05, 0) is 84.6 Å². The van der Waals surface area contributed by atoms with E-state index in [4.69, 9.17) is 14.2 Å². The van der Waals surface area contributed by atoms with Crippen LogP contribution in [0.5, 0.6) is 11.5 Å². The second-order valence-electron chi connectivity index (χ2n) is 7.45. The summed E-state index contributed by atoms with van der Waals surface area (Å²) >= 11 is 0. The van der Waals surface area contributed by atoms with Crippen molar-refractivity contribution in [3.05, 3.63) is 108 Å². The molecule has 0 radical (unpaired) electrons. The van der Waals surface area contributed by atoms with Gasteiger partial charge in [0.2, 0.25) is 0 Å². The molecule has 0 saturated carbocycles. The van der Waals surface area contributed by atoms with Gasteiger partial charge in [-0.1, -0.05) is 18.7 Å². The molecule has 0 fully saturated rings. The maximum Gasteiger partial charge on any atom is 0.343 e. The zero-order valence-electron chi connectivity index (χ0n) is 19.5. The quantitative estimate of drug-likeness (QED) is 0.0853. The van der Waals surface area contributed by atoms with E-state index >= 15 is 0 Å². The van der Waals surface area contributed by atoms with Crippen molar-refractivity contribution >= 4 is 24.4 Å². The van der Waals surface area contributed by atoms with Crippen molar-refractivity contribution in [1.29, 1.82) is 0 Å². The summed E-state index contributed by atoms with van der Waals surface area (Å²) < 4.78 is 28.8. The van der Waals surface area contributed by atoms with E-state index in [0.717, 1.165) is 23.6 Å². The highest BCUT2D eigenvalue weighted by Gasteiger charge is 2.09.